The van der Waals surface area contributed by atoms with Crippen molar-refractivity contribution in [3.8, 4) is 16.9 Å². The van der Waals surface area contributed by atoms with Crippen molar-refractivity contribution in [1.82, 2.24) is 24.7 Å². The van der Waals surface area contributed by atoms with Crippen LogP contribution in [-0.4, -0.2) is 51.9 Å². The first-order valence-electron chi connectivity index (χ1n) is 8.53. The SMILES string of the molecule is CN(C)CCN(N)Cc1cc(-c2cccnc2)nn1-c1ccc(Cl)c(Cl)c1. The molecule has 0 fully saturated rings. The second kappa shape index (κ2) is 8.82. The molecule has 2 heterocycles. The van der Waals surface area contributed by atoms with E-state index in [2.05, 4.69) is 9.88 Å². The number of halogens is 2. The van der Waals surface area contributed by atoms with Crippen LogP contribution in [0.2, 0.25) is 10.0 Å². The van der Waals surface area contributed by atoms with Gasteiger partial charge in [-0.15, -0.1) is 0 Å². The van der Waals surface area contributed by atoms with Gasteiger partial charge in [-0.05, 0) is 50.5 Å². The fourth-order valence-electron chi connectivity index (χ4n) is 2.64. The van der Waals surface area contributed by atoms with Gasteiger partial charge >= 0.3 is 0 Å². The third-order valence-electron chi connectivity index (χ3n) is 4.09. The molecule has 2 N–H and O–H groups in total. The smallest absolute Gasteiger partial charge is 0.0946 e. The third-order valence-corrected chi connectivity index (χ3v) is 4.83. The van der Waals surface area contributed by atoms with Crippen LogP contribution in [0.25, 0.3) is 16.9 Å². The van der Waals surface area contributed by atoms with E-state index in [1.807, 2.05) is 43.0 Å². The van der Waals surface area contributed by atoms with Crippen LogP contribution in [0, 0.1) is 0 Å². The van der Waals surface area contributed by atoms with Gasteiger partial charge in [-0.3, -0.25) is 10.8 Å². The summed E-state index contributed by atoms with van der Waals surface area (Å²) in [6, 6.07) is 11.3. The molecule has 0 aliphatic carbocycles. The molecule has 3 aromatic rings. The largest absolute Gasteiger partial charge is 0.308 e. The van der Waals surface area contributed by atoms with Gasteiger partial charge in [-0.25, -0.2) is 9.69 Å². The first-order chi connectivity index (χ1) is 12.9. The Morgan fingerprint density at radius 3 is 2.56 bits per heavy atom. The number of rotatable bonds is 7. The van der Waals surface area contributed by atoms with Crippen molar-refractivity contribution < 1.29 is 0 Å². The molecule has 0 radical (unpaired) electrons. The summed E-state index contributed by atoms with van der Waals surface area (Å²) in [5.74, 6) is 6.21. The van der Waals surface area contributed by atoms with Gasteiger partial charge in [0.05, 0.1) is 33.7 Å². The van der Waals surface area contributed by atoms with Crippen LogP contribution in [0.15, 0.2) is 48.8 Å². The summed E-state index contributed by atoms with van der Waals surface area (Å²) in [4.78, 5) is 6.27. The minimum Gasteiger partial charge on any atom is -0.308 e. The van der Waals surface area contributed by atoms with Crippen molar-refractivity contribution in [2.75, 3.05) is 27.2 Å². The lowest BCUT2D eigenvalue weighted by Gasteiger charge is -2.19. The second-order valence-corrected chi connectivity index (χ2v) is 7.36. The number of benzene rings is 1. The summed E-state index contributed by atoms with van der Waals surface area (Å²) in [5, 5.41) is 7.52. The number of nitrogens with two attached hydrogens (primary N) is 1. The number of hydrogen-bond acceptors (Lipinski definition) is 5. The molecule has 142 valence electrons. The Kier molecular flexibility index (Phi) is 6.46. The fourth-order valence-corrected chi connectivity index (χ4v) is 2.94. The van der Waals surface area contributed by atoms with E-state index in [0.717, 1.165) is 35.7 Å². The van der Waals surface area contributed by atoms with Crippen LogP contribution in [-0.2, 0) is 6.54 Å². The highest BCUT2D eigenvalue weighted by molar-refractivity contribution is 6.42. The molecule has 0 unspecified atom stereocenters. The van der Waals surface area contributed by atoms with Crippen molar-refractivity contribution in [2.24, 2.45) is 5.84 Å². The molecule has 2 aromatic heterocycles. The van der Waals surface area contributed by atoms with Gasteiger partial charge in [0.1, 0.15) is 0 Å². The molecule has 0 aliphatic rings. The van der Waals surface area contributed by atoms with Crippen LogP contribution >= 0.6 is 23.2 Å². The summed E-state index contributed by atoms with van der Waals surface area (Å²) in [7, 11) is 4.04. The quantitative estimate of drug-likeness (QED) is 0.482. The van der Waals surface area contributed by atoms with E-state index < -0.39 is 0 Å². The molecule has 0 saturated heterocycles. The van der Waals surface area contributed by atoms with E-state index in [4.69, 9.17) is 34.1 Å². The van der Waals surface area contributed by atoms with Gasteiger partial charge < -0.3 is 4.90 Å². The monoisotopic (exact) mass is 404 g/mol. The van der Waals surface area contributed by atoms with Gasteiger partial charge in [-0.1, -0.05) is 23.2 Å². The Hall–Kier alpha value is -1.96. The van der Waals surface area contributed by atoms with Gasteiger partial charge in [-0.2, -0.15) is 5.10 Å². The van der Waals surface area contributed by atoms with E-state index in [9.17, 15) is 0 Å². The lowest BCUT2D eigenvalue weighted by Crippen LogP contribution is -2.37. The van der Waals surface area contributed by atoms with Crippen LogP contribution in [0.1, 0.15) is 5.69 Å². The van der Waals surface area contributed by atoms with Crippen molar-refractivity contribution >= 4 is 23.2 Å². The zero-order chi connectivity index (χ0) is 19.4. The van der Waals surface area contributed by atoms with Gasteiger partial charge in [0, 0.05) is 31.0 Å². The minimum atomic E-state index is 0.482. The van der Waals surface area contributed by atoms with Crippen molar-refractivity contribution in [3.63, 3.8) is 0 Å². The molecule has 1 aromatic carbocycles. The Morgan fingerprint density at radius 1 is 1.07 bits per heavy atom. The molecule has 6 nitrogen and oxygen atoms in total. The highest BCUT2D eigenvalue weighted by atomic mass is 35.5. The Bertz CT molecular complexity index is 894. The Morgan fingerprint density at radius 2 is 1.89 bits per heavy atom. The lowest BCUT2D eigenvalue weighted by molar-refractivity contribution is 0.235. The maximum Gasteiger partial charge on any atom is 0.0946 e. The van der Waals surface area contributed by atoms with E-state index in [-0.39, 0.29) is 0 Å². The van der Waals surface area contributed by atoms with E-state index in [1.54, 1.807) is 29.5 Å². The highest BCUT2D eigenvalue weighted by Gasteiger charge is 2.14. The summed E-state index contributed by atoms with van der Waals surface area (Å²) >= 11 is 12.3. The predicted octanol–water partition coefficient (Wildman–Crippen LogP) is 3.48. The fraction of sp³-hybridized carbons (Fsp3) is 0.263. The van der Waals surface area contributed by atoms with Crippen LogP contribution in [0.4, 0.5) is 0 Å². The Balaban J connectivity index is 1.96. The number of aromatic nitrogens is 3. The summed E-state index contributed by atoms with van der Waals surface area (Å²) in [6.07, 6.45) is 3.53. The topological polar surface area (TPSA) is 63.2 Å². The molecule has 0 aliphatic heterocycles. The molecule has 0 amide bonds. The van der Waals surface area contributed by atoms with Gasteiger partial charge in [0.25, 0.3) is 0 Å². The van der Waals surface area contributed by atoms with Gasteiger partial charge in [0.2, 0.25) is 0 Å². The third kappa shape index (κ3) is 5.06. The average molecular weight is 405 g/mol. The second-order valence-electron chi connectivity index (χ2n) is 6.55. The van der Waals surface area contributed by atoms with E-state index in [1.165, 1.54) is 0 Å². The zero-order valence-electron chi connectivity index (χ0n) is 15.3. The summed E-state index contributed by atoms with van der Waals surface area (Å²) < 4.78 is 1.85. The van der Waals surface area contributed by atoms with Crippen molar-refractivity contribution in [3.05, 3.63) is 64.5 Å². The maximum atomic E-state index is 6.21. The number of hydrazine groups is 1. The van der Waals surface area contributed by atoms with Gasteiger partial charge in [0.15, 0.2) is 0 Å². The van der Waals surface area contributed by atoms with E-state index in [0.29, 0.717) is 16.6 Å². The normalized spacial score (nSPS) is 11.5. The van der Waals surface area contributed by atoms with Crippen LogP contribution < -0.4 is 5.84 Å². The molecule has 3 rings (SSSR count). The summed E-state index contributed by atoms with van der Waals surface area (Å²) in [5.41, 5.74) is 3.55. The van der Waals surface area contributed by atoms with Crippen LogP contribution in [0.5, 0.6) is 0 Å². The number of pyridine rings is 1. The lowest BCUT2D eigenvalue weighted by atomic mass is 10.2. The molecule has 0 spiro atoms. The molecule has 0 bridgehead atoms. The zero-order valence-corrected chi connectivity index (χ0v) is 16.8. The molecule has 0 saturated carbocycles. The molecular formula is C19H22Cl2N6. The minimum absolute atomic E-state index is 0.482. The predicted molar refractivity (Wildman–Crippen MR) is 110 cm³/mol. The summed E-state index contributed by atoms with van der Waals surface area (Å²) in [6.45, 7) is 2.15. The molecule has 0 atom stereocenters. The molecular weight excluding hydrogens is 383 g/mol. The van der Waals surface area contributed by atoms with E-state index >= 15 is 0 Å². The molecule has 27 heavy (non-hydrogen) atoms. The van der Waals surface area contributed by atoms with Crippen LogP contribution in [0.3, 0.4) is 0 Å². The van der Waals surface area contributed by atoms with Crippen molar-refractivity contribution in [1.29, 1.82) is 0 Å². The highest BCUT2D eigenvalue weighted by Crippen LogP contribution is 2.27. The van der Waals surface area contributed by atoms with Crippen molar-refractivity contribution in [2.45, 2.75) is 6.54 Å². The molecule has 8 heteroatoms. The first-order valence-corrected chi connectivity index (χ1v) is 9.29. The standard InChI is InChI=1S/C19H22Cl2N6/c1-25(2)8-9-26(22)13-16-11-19(14-4-3-7-23-12-14)24-27(16)15-5-6-17(20)18(21)10-15/h3-7,10-12H,8-9,13,22H2,1-2H3. The Labute approximate surface area is 169 Å². The first kappa shape index (κ1) is 19.8. The number of likely N-dealkylation sites (N-methyl/N-ethyl adjacent to an activating group) is 1. The maximum absolute atomic E-state index is 6.21. The number of nitrogens with zero attached hydrogens (tertiary/aromatic N) is 5. The number of hydrogen-bond donors (Lipinski definition) is 1. The average Bonchev–Trinajstić information content (AvgIpc) is 3.07.